The second-order valence-electron chi connectivity index (χ2n) is 8.54. The van der Waals surface area contributed by atoms with E-state index in [0.29, 0.717) is 41.0 Å². The zero-order valence-electron chi connectivity index (χ0n) is 17.8. The summed E-state index contributed by atoms with van der Waals surface area (Å²) in [5, 5.41) is 0.651. The number of rotatable bonds is 4. The first kappa shape index (κ1) is 22.4. The molecule has 3 heterocycles. The molecule has 1 spiro atoms. The van der Waals surface area contributed by atoms with Crippen LogP contribution >= 0.6 is 35.6 Å². The number of anilines is 1. The molecule has 0 radical (unpaired) electrons. The lowest BCUT2D eigenvalue weighted by Crippen LogP contribution is -2.67. The summed E-state index contributed by atoms with van der Waals surface area (Å²) in [6.45, 7) is 0.917. The molecule has 3 aliphatic heterocycles. The molecule has 0 aliphatic carbocycles. The first-order chi connectivity index (χ1) is 15.9. The number of piperidine rings is 1. The number of carbonyl (C=O) groups is 3. The second kappa shape index (κ2) is 8.74. The Bertz CT molecular complexity index is 1100. The molecule has 0 aromatic heterocycles. The first-order valence-corrected chi connectivity index (χ1v) is 12.6. The number of thiocarbonyl (C=S) groups is 1. The van der Waals surface area contributed by atoms with Gasteiger partial charge in [-0.1, -0.05) is 65.9 Å². The van der Waals surface area contributed by atoms with Crippen LogP contribution in [-0.4, -0.2) is 57.2 Å². The maximum absolute atomic E-state index is 13.6. The van der Waals surface area contributed by atoms with Crippen LogP contribution in [0, 0.1) is 5.41 Å². The van der Waals surface area contributed by atoms with Gasteiger partial charge in [-0.15, -0.1) is 0 Å². The van der Waals surface area contributed by atoms with Crippen molar-refractivity contribution in [2.75, 3.05) is 30.3 Å². The highest BCUT2D eigenvalue weighted by Crippen LogP contribution is 2.57. The number of hydrogen-bond acceptors (Lipinski definition) is 5. The average molecular weight is 500 g/mol. The topological polar surface area (TPSA) is 60.9 Å². The molecule has 0 N–H and O–H groups in total. The Morgan fingerprint density at radius 2 is 1.73 bits per heavy atom. The lowest BCUT2D eigenvalue weighted by molar-refractivity contribution is -0.149. The number of benzene rings is 2. The van der Waals surface area contributed by atoms with Gasteiger partial charge < -0.3 is 9.80 Å². The van der Waals surface area contributed by atoms with Crippen LogP contribution in [0.1, 0.15) is 24.4 Å². The van der Waals surface area contributed by atoms with Gasteiger partial charge in [-0.3, -0.25) is 19.3 Å². The van der Waals surface area contributed by atoms with Crippen molar-refractivity contribution in [2.45, 2.75) is 18.9 Å². The number of thioether (sulfide) groups is 1. The zero-order chi connectivity index (χ0) is 23.2. The van der Waals surface area contributed by atoms with Crippen LogP contribution in [0.3, 0.4) is 0 Å². The van der Waals surface area contributed by atoms with Gasteiger partial charge in [-0.05, 0) is 42.7 Å². The number of carbonyl (C=O) groups excluding carboxylic acids is 3. The fraction of sp³-hybridized carbons (Fsp3) is 0.333. The first-order valence-electron chi connectivity index (χ1n) is 10.8. The van der Waals surface area contributed by atoms with Gasteiger partial charge in [0.2, 0.25) is 17.7 Å². The maximum atomic E-state index is 13.6. The normalized spacial score (nSPS) is 22.2. The van der Waals surface area contributed by atoms with Gasteiger partial charge in [0.25, 0.3) is 0 Å². The molecule has 170 valence electrons. The van der Waals surface area contributed by atoms with E-state index >= 15 is 0 Å². The summed E-state index contributed by atoms with van der Waals surface area (Å²) in [5.74, 6) is 0.134. The summed E-state index contributed by atoms with van der Waals surface area (Å²) in [7, 11) is 0. The van der Waals surface area contributed by atoms with Crippen molar-refractivity contribution in [3.8, 4) is 0 Å². The number of amides is 3. The summed E-state index contributed by atoms with van der Waals surface area (Å²) in [6.07, 6.45) is 1.14. The minimum Gasteiger partial charge on any atom is -0.341 e. The maximum Gasteiger partial charge on any atom is 0.242 e. The molecular weight excluding hydrogens is 478 g/mol. The smallest absolute Gasteiger partial charge is 0.242 e. The van der Waals surface area contributed by atoms with E-state index in [-0.39, 0.29) is 30.3 Å². The van der Waals surface area contributed by atoms with Crippen molar-refractivity contribution >= 4 is 63.3 Å². The molecule has 1 unspecified atom stereocenters. The summed E-state index contributed by atoms with van der Waals surface area (Å²) in [5.41, 5.74) is 1.34. The average Bonchev–Trinajstić information content (AvgIpc) is 3.15. The molecule has 2 aromatic carbocycles. The van der Waals surface area contributed by atoms with Gasteiger partial charge in [-0.25, -0.2) is 0 Å². The lowest BCUT2D eigenvalue weighted by atomic mass is 9.62. The number of para-hydroxylation sites is 1. The van der Waals surface area contributed by atoms with Crippen LogP contribution in [0.2, 0.25) is 5.02 Å². The number of hydrogen-bond donors (Lipinski definition) is 0. The molecule has 1 atom stereocenters. The number of likely N-dealkylation sites (tertiary alicyclic amines) is 1. The third kappa shape index (κ3) is 3.84. The molecule has 3 fully saturated rings. The highest BCUT2D eigenvalue weighted by atomic mass is 35.5. The molecule has 0 saturated carbocycles. The summed E-state index contributed by atoms with van der Waals surface area (Å²) in [6, 6.07) is 17.2. The molecule has 6 nitrogen and oxygen atoms in total. The van der Waals surface area contributed by atoms with E-state index in [2.05, 4.69) is 0 Å². The van der Waals surface area contributed by atoms with Crippen molar-refractivity contribution in [1.82, 2.24) is 9.80 Å². The Morgan fingerprint density at radius 1 is 1.06 bits per heavy atom. The number of halogens is 1. The summed E-state index contributed by atoms with van der Waals surface area (Å²) >= 11 is 12.6. The quantitative estimate of drug-likeness (QED) is 0.471. The van der Waals surface area contributed by atoms with Crippen molar-refractivity contribution < 1.29 is 14.4 Å². The van der Waals surface area contributed by atoms with Crippen LogP contribution in [-0.2, 0) is 14.4 Å². The van der Waals surface area contributed by atoms with Gasteiger partial charge >= 0.3 is 0 Å². The summed E-state index contributed by atoms with van der Waals surface area (Å²) < 4.78 is 0.456. The fourth-order valence-electron chi connectivity index (χ4n) is 5.03. The Morgan fingerprint density at radius 3 is 2.33 bits per heavy atom. The van der Waals surface area contributed by atoms with Crippen LogP contribution < -0.4 is 4.90 Å². The van der Waals surface area contributed by atoms with Crippen molar-refractivity contribution in [2.24, 2.45) is 5.41 Å². The van der Waals surface area contributed by atoms with Gasteiger partial charge in [-0.2, -0.15) is 0 Å². The predicted octanol–water partition coefficient (Wildman–Crippen LogP) is 3.90. The SMILES string of the molecule is O=C(CN1C(=O)CSC1=S)N1CCC2(CC1)C(=O)N(c1ccccc1)C2c1ccc(Cl)cc1. The lowest BCUT2D eigenvalue weighted by Gasteiger charge is -2.59. The minimum atomic E-state index is -0.560. The minimum absolute atomic E-state index is 0.0254. The number of nitrogens with zero attached hydrogens (tertiary/aromatic N) is 3. The molecule has 5 rings (SSSR count). The van der Waals surface area contributed by atoms with E-state index in [9.17, 15) is 14.4 Å². The number of β-lactam (4-membered cyclic amide) rings is 1. The van der Waals surface area contributed by atoms with Crippen LogP contribution in [0.15, 0.2) is 54.6 Å². The van der Waals surface area contributed by atoms with E-state index in [1.807, 2.05) is 59.5 Å². The van der Waals surface area contributed by atoms with E-state index < -0.39 is 5.41 Å². The Balaban J connectivity index is 1.36. The van der Waals surface area contributed by atoms with E-state index in [1.165, 1.54) is 16.7 Å². The van der Waals surface area contributed by atoms with Crippen LogP contribution in [0.4, 0.5) is 5.69 Å². The van der Waals surface area contributed by atoms with Gasteiger partial charge in [0.1, 0.15) is 10.9 Å². The third-order valence-electron chi connectivity index (χ3n) is 6.79. The third-order valence-corrected chi connectivity index (χ3v) is 8.47. The molecule has 0 bridgehead atoms. The van der Waals surface area contributed by atoms with Crippen molar-refractivity contribution in [3.05, 3.63) is 65.2 Å². The van der Waals surface area contributed by atoms with E-state index in [1.54, 1.807) is 4.90 Å². The van der Waals surface area contributed by atoms with E-state index in [4.69, 9.17) is 23.8 Å². The molecule has 3 saturated heterocycles. The Kier molecular flexibility index (Phi) is 5.93. The van der Waals surface area contributed by atoms with Gasteiger partial charge in [0, 0.05) is 23.8 Å². The Labute approximate surface area is 206 Å². The molecule has 2 aromatic rings. The fourth-order valence-corrected chi connectivity index (χ4v) is 6.23. The largest absolute Gasteiger partial charge is 0.341 e. The Hall–Kier alpha value is -2.42. The molecule has 33 heavy (non-hydrogen) atoms. The second-order valence-corrected chi connectivity index (χ2v) is 10.6. The van der Waals surface area contributed by atoms with Crippen LogP contribution in [0.5, 0.6) is 0 Å². The highest BCUT2D eigenvalue weighted by Gasteiger charge is 2.62. The molecule has 3 amide bonds. The van der Waals surface area contributed by atoms with Crippen molar-refractivity contribution in [1.29, 1.82) is 0 Å². The highest BCUT2D eigenvalue weighted by molar-refractivity contribution is 8.23. The van der Waals surface area contributed by atoms with E-state index in [0.717, 1.165) is 11.3 Å². The molecular formula is C24H22ClN3O3S2. The zero-order valence-corrected chi connectivity index (χ0v) is 20.2. The molecule has 9 heteroatoms. The summed E-state index contributed by atoms with van der Waals surface area (Å²) in [4.78, 5) is 43.4. The van der Waals surface area contributed by atoms with Crippen molar-refractivity contribution in [3.63, 3.8) is 0 Å². The standard InChI is InChI=1S/C24H22ClN3O3S2/c25-17-8-6-16(7-9-17)21-24(22(31)28(21)18-4-2-1-3-5-18)10-12-26(13-11-24)19(29)14-27-20(30)15-33-23(27)32/h1-9,21H,10-15H2. The van der Waals surface area contributed by atoms with Crippen LogP contribution in [0.25, 0.3) is 0 Å². The van der Waals surface area contributed by atoms with Gasteiger partial charge in [0.05, 0.1) is 17.2 Å². The van der Waals surface area contributed by atoms with Gasteiger partial charge in [0.15, 0.2) is 0 Å². The predicted molar refractivity (Wildman–Crippen MR) is 133 cm³/mol. The molecule has 3 aliphatic rings. The monoisotopic (exact) mass is 499 g/mol.